The van der Waals surface area contributed by atoms with Gasteiger partial charge in [0.05, 0.1) is 12.6 Å². The van der Waals surface area contributed by atoms with E-state index in [1.807, 2.05) is 0 Å². The minimum atomic E-state index is -1.35. The average molecular weight is 398 g/mol. The number of nitrogens with one attached hydrogen (secondary N) is 3. The van der Waals surface area contributed by atoms with Gasteiger partial charge in [-0.1, -0.05) is 0 Å². The molecule has 28 heavy (non-hydrogen) atoms. The second-order valence-electron chi connectivity index (χ2n) is 6.95. The number of carboxylic acids is 2. The number of aliphatic carboxylic acids is 2. The minimum absolute atomic E-state index is 0.112. The van der Waals surface area contributed by atoms with E-state index < -0.39 is 48.8 Å². The van der Waals surface area contributed by atoms with Crippen LogP contribution in [-0.4, -0.2) is 82.5 Å². The first kappa shape index (κ1) is 21.6. The third-order valence-corrected chi connectivity index (χ3v) is 4.90. The second-order valence-corrected chi connectivity index (χ2v) is 6.95. The number of carboxylic acid groups (broad SMARTS) is 2. The Bertz CT molecular complexity index is 633. The van der Waals surface area contributed by atoms with E-state index in [-0.39, 0.29) is 18.4 Å². The van der Waals surface area contributed by atoms with E-state index in [0.29, 0.717) is 19.4 Å². The maximum absolute atomic E-state index is 12.5. The Balaban J connectivity index is 1.82. The maximum Gasteiger partial charge on any atom is 0.326 e. The molecule has 3 amide bonds. The molecule has 2 heterocycles. The fraction of sp³-hybridized carbons (Fsp3) is 0.706. The highest BCUT2D eigenvalue weighted by atomic mass is 16.4. The predicted molar refractivity (Wildman–Crippen MR) is 95.2 cm³/mol. The summed E-state index contributed by atoms with van der Waals surface area (Å²) in [6, 6.07) is -2.27. The molecule has 2 fully saturated rings. The highest BCUT2D eigenvalue weighted by Gasteiger charge is 2.37. The van der Waals surface area contributed by atoms with Gasteiger partial charge in [0.15, 0.2) is 0 Å². The topological polar surface area (TPSA) is 165 Å². The van der Waals surface area contributed by atoms with Crippen molar-refractivity contribution < 1.29 is 34.2 Å². The Morgan fingerprint density at radius 3 is 2.46 bits per heavy atom. The Hall–Kier alpha value is -2.69. The van der Waals surface area contributed by atoms with Crippen molar-refractivity contribution in [1.82, 2.24) is 20.9 Å². The zero-order valence-electron chi connectivity index (χ0n) is 15.5. The average Bonchev–Trinajstić information content (AvgIpc) is 3.33. The van der Waals surface area contributed by atoms with Gasteiger partial charge in [-0.2, -0.15) is 0 Å². The molecule has 11 nitrogen and oxygen atoms in total. The molecule has 0 spiro atoms. The Morgan fingerprint density at radius 1 is 1.11 bits per heavy atom. The van der Waals surface area contributed by atoms with Crippen molar-refractivity contribution >= 4 is 29.7 Å². The van der Waals surface area contributed by atoms with Crippen LogP contribution in [0.1, 0.15) is 38.5 Å². The molecule has 0 aliphatic carbocycles. The molecule has 0 saturated carbocycles. The Kier molecular flexibility index (Phi) is 7.73. The van der Waals surface area contributed by atoms with Crippen LogP contribution < -0.4 is 16.0 Å². The van der Waals surface area contributed by atoms with Gasteiger partial charge in [-0.15, -0.1) is 0 Å². The van der Waals surface area contributed by atoms with Crippen LogP contribution in [0.15, 0.2) is 0 Å². The van der Waals surface area contributed by atoms with E-state index in [1.165, 1.54) is 4.90 Å². The lowest BCUT2D eigenvalue weighted by Gasteiger charge is -2.26. The van der Waals surface area contributed by atoms with Crippen molar-refractivity contribution in [3.63, 3.8) is 0 Å². The van der Waals surface area contributed by atoms with Crippen molar-refractivity contribution in [1.29, 1.82) is 0 Å². The molecule has 0 aromatic rings. The van der Waals surface area contributed by atoms with Gasteiger partial charge in [-0.05, 0) is 38.6 Å². The molecule has 0 aromatic carbocycles. The summed E-state index contributed by atoms with van der Waals surface area (Å²) in [6.07, 6.45) is 2.18. The van der Waals surface area contributed by atoms with Crippen molar-refractivity contribution in [3.05, 3.63) is 0 Å². The van der Waals surface area contributed by atoms with Crippen LogP contribution in [0.2, 0.25) is 0 Å². The number of carbonyl (C=O) groups is 5. The highest BCUT2D eigenvalue weighted by molar-refractivity contribution is 5.93. The molecular weight excluding hydrogens is 372 g/mol. The number of rotatable bonds is 9. The zero-order chi connectivity index (χ0) is 20.7. The Labute approximate surface area is 161 Å². The molecule has 11 heteroatoms. The van der Waals surface area contributed by atoms with E-state index in [0.717, 1.165) is 19.4 Å². The monoisotopic (exact) mass is 398 g/mol. The summed E-state index contributed by atoms with van der Waals surface area (Å²) in [4.78, 5) is 60.1. The summed E-state index contributed by atoms with van der Waals surface area (Å²) in [5.74, 6) is -3.83. The predicted octanol–water partition coefficient (Wildman–Crippen LogP) is -1.72. The van der Waals surface area contributed by atoms with E-state index in [9.17, 15) is 24.0 Å². The molecule has 3 atom stereocenters. The number of amides is 3. The fourth-order valence-corrected chi connectivity index (χ4v) is 3.45. The summed E-state index contributed by atoms with van der Waals surface area (Å²) in [7, 11) is 0. The Morgan fingerprint density at radius 2 is 1.86 bits per heavy atom. The molecule has 3 unspecified atom stereocenters. The summed E-state index contributed by atoms with van der Waals surface area (Å²) < 4.78 is 0. The van der Waals surface area contributed by atoms with Crippen LogP contribution in [0.4, 0.5) is 0 Å². The van der Waals surface area contributed by atoms with E-state index >= 15 is 0 Å². The number of likely N-dealkylation sites (tertiary alicyclic amines) is 1. The number of hydrogen-bond acceptors (Lipinski definition) is 6. The smallest absolute Gasteiger partial charge is 0.326 e. The molecule has 2 aliphatic rings. The molecular formula is C17H26N4O7. The van der Waals surface area contributed by atoms with Crippen LogP contribution in [-0.2, 0) is 24.0 Å². The van der Waals surface area contributed by atoms with E-state index in [4.69, 9.17) is 10.2 Å². The number of hydrogen-bond donors (Lipinski definition) is 5. The first-order valence-corrected chi connectivity index (χ1v) is 9.35. The van der Waals surface area contributed by atoms with Crippen LogP contribution in [0.5, 0.6) is 0 Å². The third-order valence-electron chi connectivity index (χ3n) is 4.90. The summed E-state index contributed by atoms with van der Waals surface area (Å²) in [5, 5.41) is 25.4. The molecule has 0 radical (unpaired) electrons. The van der Waals surface area contributed by atoms with Gasteiger partial charge in [0, 0.05) is 13.0 Å². The maximum atomic E-state index is 12.5. The van der Waals surface area contributed by atoms with Gasteiger partial charge in [-0.25, -0.2) is 4.79 Å². The molecule has 2 saturated heterocycles. The summed E-state index contributed by atoms with van der Waals surface area (Å²) in [6.45, 7) is 0.807. The van der Waals surface area contributed by atoms with E-state index in [2.05, 4.69) is 16.0 Å². The van der Waals surface area contributed by atoms with Gasteiger partial charge < -0.3 is 31.1 Å². The molecule has 2 aliphatic heterocycles. The highest BCUT2D eigenvalue weighted by Crippen LogP contribution is 2.20. The normalized spacial score (nSPS) is 22.5. The van der Waals surface area contributed by atoms with Crippen LogP contribution in [0.3, 0.4) is 0 Å². The fourth-order valence-electron chi connectivity index (χ4n) is 3.45. The van der Waals surface area contributed by atoms with Gasteiger partial charge in [0.25, 0.3) is 0 Å². The van der Waals surface area contributed by atoms with Gasteiger partial charge in [-0.3, -0.25) is 19.2 Å². The van der Waals surface area contributed by atoms with Crippen molar-refractivity contribution in [2.75, 3.05) is 19.6 Å². The van der Waals surface area contributed by atoms with Gasteiger partial charge in [0.1, 0.15) is 12.1 Å². The van der Waals surface area contributed by atoms with Crippen molar-refractivity contribution in [3.8, 4) is 0 Å². The molecule has 2 rings (SSSR count). The lowest BCUT2D eigenvalue weighted by Crippen LogP contribution is -2.52. The first-order valence-electron chi connectivity index (χ1n) is 9.35. The summed E-state index contributed by atoms with van der Waals surface area (Å²) >= 11 is 0. The lowest BCUT2D eigenvalue weighted by molar-refractivity contribution is -0.143. The second kappa shape index (κ2) is 10.0. The minimum Gasteiger partial charge on any atom is -0.481 e. The van der Waals surface area contributed by atoms with E-state index in [1.54, 1.807) is 0 Å². The largest absolute Gasteiger partial charge is 0.481 e. The van der Waals surface area contributed by atoms with Crippen molar-refractivity contribution in [2.24, 2.45) is 0 Å². The molecule has 0 bridgehead atoms. The van der Waals surface area contributed by atoms with Crippen LogP contribution in [0.25, 0.3) is 0 Å². The number of nitrogens with zero attached hydrogens (tertiary/aromatic N) is 1. The van der Waals surface area contributed by atoms with Crippen molar-refractivity contribution in [2.45, 2.75) is 56.7 Å². The first-order chi connectivity index (χ1) is 13.3. The quantitative estimate of drug-likeness (QED) is 0.306. The standard InChI is InChI=1S/C17H26N4O7/c22-13(20-11(17(27)28)5-6-14(23)24)9-19-15(25)12-4-2-8-21(12)16(26)10-3-1-7-18-10/h10-12,18H,1-9H2,(H,19,25)(H,20,22)(H,23,24)(H,27,28). The lowest BCUT2D eigenvalue weighted by atomic mass is 10.1. The van der Waals surface area contributed by atoms with Gasteiger partial charge in [0.2, 0.25) is 17.7 Å². The number of carbonyl (C=O) groups excluding carboxylic acids is 3. The molecule has 0 aromatic heterocycles. The third kappa shape index (κ3) is 5.91. The molecule has 5 N–H and O–H groups in total. The molecule has 156 valence electrons. The van der Waals surface area contributed by atoms with Crippen LogP contribution >= 0.6 is 0 Å². The summed E-state index contributed by atoms with van der Waals surface area (Å²) in [5.41, 5.74) is 0. The van der Waals surface area contributed by atoms with Crippen LogP contribution in [0, 0.1) is 0 Å². The van der Waals surface area contributed by atoms with Gasteiger partial charge >= 0.3 is 11.9 Å². The zero-order valence-corrected chi connectivity index (χ0v) is 15.5. The SMILES string of the molecule is O=C(O)CCC(NC(=O)CNC(=O)C1CCCN1C(=O)C1CCCN1)C(=O)O.